The second-order valence-corrected chi connectivity index (χ2v) is 13.0. The molecule has 0 amide bonds. The Kier molecular flexibility index (Phi) is 4.07. The van der Waals surface area contributed by atoms with Gasteiger partial charge in [0.25, 0.3) is 0 Å². The van der Waals surface area contributed by atoms with Gasteiger partial charge in [0.2, 0.25) is 0 Å². The molecule has 1 heterocycles. The Morgan fingerprint density at radius 3 is 1.38 bits per heavy atom. The van der Waals surface area contributed by atoms with Crippen LogP contribution in [0, 0.1) is 71.0 Å². The number of esters is 2. The minimum absolute atomic E-state index is 0.0403. The lowest BCUT2D eigenvalue weighted by molar-refractivity contribution is -0.174. The molecule has 8 fully saturated rings. The lowest BCUT2D eigenvalue weighted by Crippen LogP contribution is -2.59. The zero-order valence-electron chi connectivity index (χ0n) is 19.2. The number of fused-ring (bicyclic) bond motifs is 7. The van der Waals surface area contributed by atoms with E-state index in [9.17, 15) is 9.59 Å². The van der Waals surface area contributed by atoms with Crippen LogP contribution in [-0.2, 0) is 19.1 Å². The summed E-state index contributed by atoms with van der Waals surface area (Å²) in [4.78, 5) is 25.2. The molecule has 4 heteroatoms. The average molecular weight is 439 g/mol. The molecule has 7 saturated carbocycles. The molecule has 8 rings (SSSR count). The van der Waals surface area contributed by atoms with E-state index >= 15 is 0 Å². The van der Waals surface area contributed by atoms with Gasteiger partial charge in [0, 0.05) is 24.7 Å². The Balaban J connectivity index is 1.10. The van der Waals surface area contributed by atoms with E-state index in [1.54, 1.807) is 0 Å². The first-order chi connectivity index (χ1) is 15.7. The van der Waals surface area contributed by atoms with E-state index < -0.39 is 0 Å². The first kappa shape index (κ1) is 19.3. The summed E-state index contributed by atoms with van der Waals surface area (Å²) in [7, 11) is 0. The monoisotopic (exact) mass is 438 g/mol. The summed E-state index contributed by atoms with van der Waals surface area (Å²) in [5, 5.41) is 0. The fourth-order valence-electron chi connectivity index (χ4n) is 12.0. The minimum atomic E-state index is 0.0403. The van der Waals surface area contributed by atoms with Gasteiger partial charge in [0.15, 0.2) is 0 Å². The highest BCUT2D eigenvalue weighted by molar-refractivity contribution is 5.70. The molecule has 1 aliphatic heterocycles. The summed E-state index contributed by atoms with van der Waals surface area (Å²) in [6, 6.07) is 0. The molecular weight excluding hydrogens is 400 g/mol. The normalized spacial score (nSPS) is 59.6. The predicted molar refractivity (Wildman–Crippen MR) is 117 cm³/mol. The number of hydrogen-bond acceptors (Lipinski definition) is 4. The van der Waals surface area contributed by atoms with Crippen molar-refractivity contribution in [2.75, 3.05) is 0 Å². The molecule has 0 radical (unpaired) electrons. The van der Waals surface area contributed by atoms with Crippen LogP contribution in [0.1, 0.15) is 77.0 Å². The molecule has 174 valence electrons. The average Bonchev–Trinajstić information content (AvgIpc) is 3.54. The quantitative estimate of drug-likeness (QED) is 0.500. The predicted octanol–water partition coefficient (Wildman–Crippen LogP) is 4.99. The zero-order chi connectivity index (χ0) is 21.1. The molecule has 32 heavy (non-hydrogen) atoms. The van der Waals surface area contributed by atoms with Gasteiger partial charge in [-0.2, -0.15) is 0 Å². The first-order valence-corrected chi connectivity index (χ1v) is 14.1. The number of carbonyl (C=O) groups excluding carboxylic acids is 2. The Bertz CT molecular complexity index is 769. The Morgan fingerprint density at radius 1 is 0.469 bits per heavy atom. The second kappa shape index (κ2) is 6.75. The van der Waals surface area contributed by atoms with Gasteiger partial charge in [-0.25, -0.2) is 0 Å². The van der Waals surface area contributed by atoms with Gasteiger partial charge < -0.3 is 9.47 Å². The number of carbonyl (C=O) groups is 2. The Hall–Kier alpha value is -1.06. The molecular formula is C28H38O4. The van der Waals surface area contributed by atoms with Crippen molar-refractivity contribution in [1.29, 1.82) is 0 Å². The van der Waals surface area contributed by atoms with E-state index in [1.165, 1.54) is 25.7 Å². The lowest BCUT2D eigenvalue weighted by Gasteiger charge is -2.61. The smallest absolute Gasteiger partial charge is 0.306 e. The van der Waals surface area contributed by atoms with Crippen LogP contribution in [0.3, 0.4) is 0 Å². The van der Waals surface area contributed by atoms with E-state index in [4.69, 9.17) is 9.47 Å². The summed E-state index contributed by atoms with van der Waals surface area (Å²) in [6.07, 6.45) is 13.1. The molecule has 14 atom stereocenters. The van der Waals surface area contributed by atoms with Gasteiger partial charge in [-0.1, -0.05) is 12.8 Å². The minimum Gasteiger partial charge on any atom is -0.462 e. The number of rotatable bonds is 0. The summed E-state index contributed by atoms with van der Waals surface area (Å²) >= 11 is 0. The Morgan fingerprint density at radius 2 is 0.906 bits per heavy atom. The van der Waals surface area contributed by atoms with Gasteiger partial charge in [-0.15, -0.1) is 0 Å². The van der Waals surface area contributed by atoms with Crippen LogP contribution >= 0.6 is 0 Å². The third-order valence-corrected chi connectivity index (χ3v) is 12.4. The Labute approximate surface area is 191 Å². The van der Waals surface area contributed by atoms with Crippen molar-refractivity contribution in [1.82, 2.24) is 0 Å². The molecule has 0 aromatic rings. The third-order valence-electron chi connectivity index (χ3n) is 12.4. The zero-order valence-corrected chi connectivity index (χ0v) is 19.2. The van der Waals surface area contributed by atoms with Crippen LogP contribution < -0.4 is 0 Å². The molecule has 0 aromatic heterocycles. The van der Waals surface area contributed by atoms with Crippen molar-refractivity contribution in [2.24, 2.45) is 71.0 Å². The van der Waals surface area contributed by atoms with E-state index in [-0.39, 0.29) is 24.1 Å². The third kappa shape index (κ3) is 2.36. The maximum atomic E-state index is 12.6. The highest BCUT2D eigenvalue weighted by Gasteiger charge is 2.78. The molecule has 8 aliphatic rings. The van der Waals surface area contributed by atoms with Gasteiger partial charge in [-0.3, -0.25) is 9.59 Å². The molecule has 4 nitrogen and oxygen atoms in total. The van der Waals surface area contributed by atoms with Crippen molar-refractivity contribution in [3.05, 3.63) is 0 Å². The number of ether oxygens (including phenoxy) is 2. The van der Waals surface area contributed by atoms with Crippen LogP contribution in [0.2, 0.25) is 0 Å². The standard InChI is InChI=1S/C28H38O4/c29-21-5-3-1-2-4-6-22(30)32-20-10-8-14-16-12-18(24(14)20)28-26(16)25-15-11-17(27(25)28)23-13(15)7-9-19(23)31-21/h13-20,23-28H,1-12H2/t13-,14+,15-,16+,17+,18-,19-,20+,23-,24+,25+,26-,27+,28-. The van der Waals surface area contributed by atoms with Gasteiger partial charge in [0.1, 0.15) is 12.2 Å². The van der Waals surface area contributed by atoms with E-state index in [2.05, 4.69) is 0 Å². The molecule has 7 aliphatic carbocycles. The van der Waals surface area contributed by atoms with Gasteiger partial charge >= 0.3 is 11.9 Å². The molecule has 0 N–H and O–H groups in total. The maximum absolute atomic E-state index is 12.6. The topological polar surface area (TPSA) is 52.6 Å². The highest BCUT2D eigenvalue weighted by atomic mass is 16.5. The molecule has 4 bridgehead atoms. The summed E-state index contributed by atoms with van der Waals surface area (Å²) < 4.78 is 12.3. The van der Waals surface area contributed by atoms with Crippen molar-refractivity contribution in [3.63, 3.8) is 0 Å². The molecule has 0 spiro atoms. The van der Waals surface area contributed by atoms with Crippen molar-refractivity contribution in [2.45, 2.75) is 89.3 Å². The van der Waals surface area contributed by atoms with Crippen LogP contribution in [0.5, 0.6) is 0 Å². The van der Waals surface area contributed by atoms with Crippen molar-refractivity contribution < 1.29 is 19.1 Å². The van der Waals surface area contributed by atoms with E-state index in [0.717, 1.165) is 97.7 Å². The van der Waals surface area contributed by atoms with Gasteiger partial charge in [-0.05, 0) is 111 Å². The first-order valence-electron chi connectivity index (χ1n) is 14.1. The van der Waals surface area contributed by atoms with E-state index in [1.807, 2.05) is 0 Å². The van der Waals surface area contributed by atoms with Crippen molar-refractivity contribution in [3.8, 4) is 0 Å². The molecule has 0 aromatic carbocycles. The van der Waals surface area contributed by atoms with Crippen LogP contribution in [0.15, 0.2) is 0 Å². The highest BCUT2D eigenvalue weighted by Crippen LogP contribution is 2.81. The number of hydrogen-bond donors (Lipinski definition) is 0. The molecule has 0 unspecified atom stereocenters. The SMILES string of the molecule is O=C1CCCCCCC(=O)O[C@@H]2CC[C@@H]3[C@H]4C[C@H]([C@H]5[C@@H]4[C@H]4[C@H]6C[C@@H]([C@@H]54)[C@@H]4[C@H]6CC[C@@H]4O1)[C@@H]32. The van der Waals surface area contributed by atoms with Crippen molar-refractivity contribution >= 4 is 11.9 Å². The van der Waals surface area contributed by atoms with Crippen LogP contribution in [0.25, 0.3) is 0 Å². The van der Waals surface area contributed by atoms with Gasteiger partial charge in [0.05, 0.1) is 0 Å². The maximum Gasteiger partial charge on any atom is 0.306 e. The second-order valence-electron chi connectivity index (χ2n) is 13.0. The summed E-state index contributed by atoms with van der Waals surface area (Å²) in [5.74, 6) is 10.4. The van der Waals surface area contributed by atoms with E-state index in [0.29, 0.717) is 24.7 Å². The lowest BCUT2D eigenvalue weighted by atomic mass is 9.43. The van der Waals surface area contributed by atoms with Crippen LogP contribution in [-0.4, -0.2) is 24.1 Å². The summed E-state index contributed by atoms with van der Waals surface area (Å²) in [6.45, 7) is 0. The largest absolute Gasteiger partial charge is 0.462 e. The fourth-order valence-corrected chi connectivity index (χ4v) is 12.0. The molecule has 1 saturated heterocycles. The summed E-state index contributed by atoms with van der Waals surface area (Å²) in [5.41, 5.74) is 0. The van der Waals surface area contributed by atoms with Crippen LogP contribution in [0.4, 0.5) is 0 Å². The fraction of sp³-hybridized carbons (Fsp3) is 0.929.